The van der Waals surface area contributed by atoms with Crippen LogP contribution < -0.4 is 5.56 Å². The number of rotatable bonds is 5. The lowest BCUT2D eigenvalue weighted by molar-refractivity contribution is 0.0252. The number of piperidine rings is 1. The number of carboxylic acid groups (broad SMARTS) is 1. The minimum Gasteiger partial charge on any atom is -0.476 e. The van der Waals surface area contributed by atoms with Crippen LogP contribution in [-0.4, -0.2) is 43.7 Å². The maximum Gasteiger partial charge on any atom is 0.360 e. The summed E-state index contributed by atoms with van der Waals surface area (Å²) in [6.45, 7) is 4.45. The summed E-state index contributed by atoms with van der Waals surface area (Å²) in [5.74, 6) is -1.26. The van der Waals surface area contributed by atoms with Gasteiger partial charge in [-0.05, 0) is 58.1 Å². The summed E-state index contributed by atoms with van der Waals surface area (Å²) in [4.78, 5) is 31.9. The van der Waals surface area contributed by atoms with E-state index in [9.17, 15) is 14.7 Å². The van der Waals surface area contributed by atoms with Crippen molar-refractivity contribution in [1.82, 2.24) is 14.5 Å². The van der Waals surface area contributed by atoms with Gasteiger partial charge in [0.15, 0.2) is 0 Å². The fourth-order valence-corrected chi connectivity index (χ4v) is 6.52. The van der Waals surface area contributed by atoms with Gasteiger partial charge in [0, 0.05) is 24.2 Å². The Morgan fingerprint density at radius 3 is 2.32 bits per heavy atom. The molecule has 0 spiro atoms. The second-order valence-corrected chi connectivity index (χ2v) is 10.6. The van der Waals surface area contributed by atoms with Crippen molar-refractivity contribution >= 4 is 17.0 Å². The zero-order valence-electron chi connectivity index (χ0n) is 20.9. The lowest BCUT2D eigenvalue weighted by Crippen LogP contribution is -2.52. The molecule has 3 atom stereocenters. The molecular formula is C28H41N3O3. The number of fused-ring (bicyclic) bond motifs is 1. The number of aromatic nitrogens is 2. The van der Waals surface area contributed by atoms with Gasteiger partial charge in [0.1, 0.15) is 0 Å². The molecule has 2 fully saturated rings. The number of benzene rings is 1. The van der Waals surface area contributed by atoms with Gasteiger partial charge in [-0.1, -0.05) is 63.5 Å². The molecule has 34 heavy (non-hydrogen) atoms. The van der Waals surface area contributed by atoms with Crippen LogP contribution in [0.3, 0.4) is 0 Å². The fraction of sp³-hybridized carbons (Fsp3) is 0.679. The van der Waals surface area contributed by atoms with Gasteiger partial charge in [-0.15, -0.1) is 0 Å². The molecule has 1 aromatic heterocycles. The maximum atomic E-state index is 13.2. The summed E-state index contributed by atoms with van der Waals surface area (Å²) in [6, 6.07) is 8.89. The monoisotopic (exact) mass is 467 g/mol. The van der Waals surface area contributed by atoms with Crippen molar-refractivity contribution in [1.29, 1.82) is 0 Å². The van der Waals surface area contributed by atoms with Crippen molar-refractivity contribution in [2.45, 2.75) is 121 Å². The number of aromatic carboxylic acids is 1. The Labute approximate surface area is 203 Å². The second-order valence-electron chi connectivity index (χ2n) is 10.6. The van der Waals surface area contributed by atoms with E-state index in [1.165, 1.54) is 70.6 Å². The van der Waals surface area contributed by atoms with Gasteiger partial charge >= 0.3 is 5.97 Å². The third-order valence-electron chi connectivity index (χ3n) is 8.14. The average Bonchev–Trinajstić information content (AvgIpc) is 2.82. The van der Waals surface area contributed by atoms with Crippen LogP contribution >= 0.6 is 0 Å². The Morgan fingerprint density at radius 1 is 1.00 bits per heavy atom. The first kappa shape index (κ1) is 24.9. The molecule has 186 valence electrons. The molecule has 6 nitrogen and oxygen atoms in total. The normalized spacial score (nSPS) is 24.6. The highest BCUT2D eigenvalue weighted by Gasteiger charge is 2.34. The first-order chi connectivity index (χ1) is 16.5. The molecular weight excluding hydrogens is 426 g/mol. The predicted molar refractivity (Wildman–Crippen MR) is 137 cm³/mol. The molecule has 0 amide bonds. The van der Waals surface area contributed by atoms with Crippen LogP contribution in [0.25, 0.3) is 11.0 Å². The van der Waals surface area contributed by atoms with Gasteiger partial charge in [0.05, 0.1) is 11.0 Å². The number of likely N-dealkylation sites (tertiary alicyclic amines) is 1. The van der Waals surface area contributed by atoms with E-state index >= 15 is 0 Å². The summed E-state index contributed by atoms with van der Waals surface area (Å²) in [5.41, 5.74) is 0.409. The second kappa shape index (κ2) is 11.5. The van der Waals surface area contributed by atoms with Crippen LogP contribution in [0.1, 0.15) is 114 Å². The van der Waals surface area contributed by atoms with Crippen molar-refractivity contribution in [2.75, 3.05) is 0 Å². The van der Waals surface area contributed by atoms with E-state index < -0.39 is 11.5 Å². The van der Waals surface area contributed by atoms with Crippen LogP contribution in [0.4, 0.5) is 0 Å². The lowest BCUT2D eigenvalue weighted by atomic mass is 9.87. The van der Waals surface area contributed by atoms with E-state index in [2.05, 4.69) is 23.7 Å². The zero-order valence-corrected chi connectivity index (χ0v) is 20.9. The molecule has 2 heterocycles. The van der Waals surface area contributed by atoms with Gasteiger partial charge in [0.2, 0.25) is 5.69 Å². The largest absolute Gasteiger partial charge is 0.476 e. The molecule has 2 aliphatic rings. The molecule has 2 aromatic rings. The molecule has 1 saturated carbocycles. The highest BCUT2D eigenvalue weighted by molar-refractivity contribution is 5.88. The van der Waals surface area contributed by atoms with E-state index in [1.54, 1.807) is 10.6 Å². The van der Waals surface area contributed by atoms with E-state index in [0.29, 0.717) is 23.6 Å². The van der Waals surface area contributed by atoms with Gasteiger partial charge in [0.25, 0.3) is 5.56 Å². The summed E-state index contributed by atoms with van der Waals surface area (Å²) in [5, 5.41) is 9.61. The quantitative estimate of drug-likeness (QED) is 0.568. The Morgan fingerprint density at radius 2 is 1.65 bits per heavy atom. The predicted octanol–water partition coefficient (Wildman–Crippen LogP) is 6.18. The number of hydrogen-bond donors (Lipinski definition) is 1. The number of nitrogens with zero attached hydrogens (tertiary/aromatic N) is 3. The van der Waals surface area contributed by atoms with Gasteiger partial charge in [-0.2, -0.15) is 0 Å². The Balaban J connectivity index is 1.62. The van der Waals surface area contributed by atoms with Crippen LogP contribution in [0.2, 0.25) is 0 Å². The third-order valence-corrected chi connectivity index (χ3v) is 8.14. The number of para-hydroxylation sites is 2. The Kier molecular flexibility index (Phi) is 8.41. The summed E-state index contributed by atoms with van der Waals surface area (Å²) < 4.78 is 1.69. The molecule has 1 N–H and O–H groups in total. The fourth-order valence-electron chi connectivity index (χ4n) is 6.52. The molecule has 6 heteroatoms. The molecule has 0 unspecified atom stereocenters. The van der Waals surface area contributed by atoms with E-state index in [0.717, 1.165) is 18.4 Å². The zero-order chi connectivity index (χ0) is 24.1. The molecule has 1 saturated heterocycles. The highest BCUT2D eigenvalue weighted by atomic mass is 16.4. The van der Waals surface area contributed by atoms with Crippen molar-refractivity contribution in [2.24, 2.45) is 0 Å². The van der Waals surface area contributed by atoms with Crippen molar-refractivity contribution in [3.63, 3.8) is 0 Å². The molecule has 1 aliphatic carbocycles. The SMILES string of the molecule is C[C@H]1CCC[C@@H](C[C@H](C)n2c(=O)c(C(=O)O)nc3ccccc32)N1C1CCCCCCCCC1. The highest BCUT2D eigenvalue weighted by Crippen LogP contribution is 2.34. The molecule has 1 aromatic carbocycles. The van der Waals surface area contributed by atoms with Gasteiger partial charge in [-0.25, -0.2) is 9.78 Å². The van der Waals surface area contributed by atoms with Crippen molar-refractivity contribution in [3.8, 4) is 0 Å². The van der Waals surface area contributed by atoms with Crippen LogP contribution in [0.15, 0.2) is 29.1 Å². The van der Waals surface area contributed by atoms with Crippen LogP contribution in [0, 0.1) is 0 Å². The van der Waals surface area contributed by atoms with Gasteiger partial charge < -0.3 is 9.67 Å². The maximum absolute atomic E-state index is 13.2. The number of carboxylic acids is 1. The summed E-state index contributed by atoms with van der Waals surface area (Å²) in [6.07, 6.45) is 16.4. The Bertz CT molecular complexity index is 1020. The van der Waals surface area contributed by atoms with Crippen LogP contribution in [-0.2, 0) is 0 Å². The third kappa shape index (κ3) is 5.54. The lowest BCUT2D eigenvalue weighted by Gasteiger charge is -2.47. The van der Waals surface area contributed by atoms with Crippen LogP contribution in [0.5, 0.6) is 0 Å². The van der Waals surface area contributed by atoms with E-state index in [-0.39, 0.29) is 11.7 Å². The van der Waals surface area contributed by atoms with Crippen molar-refractivity contribution < 1.29 is 9.90 Å². The topological polar surface area (TPSA) is 75.4 Å². The summed E-state index contributed by atoms with van der Waals surface area (Å²) >= 11 is 0. The Hall–Kier alpha value is -2.21. The minimum atomic E-state index is -1.26. The van der Waals surface area contributed by atoms with E-state index in [1.807, 2.05) is 18.2 Å². The molecule has 4 rings (SSSR count). The molecule has 1 aliphatic heterocycles. The van der Waals surface area contributed by atoms with Crippen molar-refractivity contribution in [3.05, 3.63) is 40.3 Å². The smallest absolute Gasteiger partial charge is 0.360 e. The molecule has 0 radical (unpaired) electrons. The van der Waals surface area contributed by atoms with E-state index in [4.69, 9.17) is 0 Å². The number of hydrogen-bond acceptors (Lipinski definition) is 4. The first-order valence-electron chi connectivity index (χ1n) is 13.5. The standard InChI is InChI=1S/C28H41N3O3/c1-20-13-12-16-23(30(20)22-14-8-6-4-3-5-7-9-15-22)19-21(2)31-25-18-11-10-17-24(25)29-26(27(31)32)28(33)34/h10-11,17-18,20-23H,3-9,12-16,19H2,1-2H3,(H,33,34)/t20-,21-,23-/m0/s1. The first-order valence-corrected chi connectivity index (χ1v) is 13.5. The number of carbonyl (C=O) groups is 1. The minimum absolute atomic E-state index is 0.101. The van der Waals surface area contributed by atoms with Gasteiger partial charge in [-0.3, -0.25) is 9.69 Å². The average molecular weight is 468 g/mol. The summed E-state index contributed by atoms with van der Waals surface area (Å²) in [7, 11) is 0. The molecule has 0 bridgehead atoms.